The number of thiazole rings is 1. The number of halogens is 1. The van der Waals surface area contributed by atoms with Gasteiger partial charge in [-0.2, -0.15) is 0 Å². The van der Waals surface area contributed by atoms with Crippen LogP contribution in [0.3, 0.4) is 0 Å². The Kier molecular flexibility index (Phi) is 4.95. The van der Waals surface area contributed by atoms with E-state index in [2.05, 4.69) is 10.3 Å². The topological polar surface area (TPSA) is 45.2 Å². The molecule has 0 aliphatic rings. The van der Waals surface area contributed by atoms with E-state index in [4.69, 9.17) is 11.6 Å². The van der Waals surface area contributed by atoms with Gasteiger partial charge in [-0.25, -0.2) is 9.78 Å². The normalized spacial score (nSPS) is 10.5. The molecule has 3 aromatic rings. The van der Waals surface area contributed by atoms with Gasteiger partial charge in [0, 0.05) is 22.9 Å². The molecule has 0 fully saturated rings. The molecule has 0 unspecified atom stereocenters. The fraction of sp³-hybridized carbons (Fsp3) is 0.125. The van der Waals surface area contributed by atoms with E-state index in [1.807, 2.05) is 47.8 Å². The predicted molar refractivity (Wildman–Crippen MR) is 97.4 cm³/mol. The van der Waals surface area contributed by atoms with Crippen LogP contribution in [0.2, 0.25) is 4.34 Å². The van der Waals surface area contributed by atoms with Crippen LogP contribution in [0.4, 0.5) is 9.93 Å². The van der Waals surface area contributed by atoms with Crippen molar-refractivity contribution in [2.75, 3.05) is 12.4 Å². The summed E-state index contributed by atoms with van der Waals surface area (Å²) in [5.74, 6) is 0. The SMILES string of the molecule is CN(Cc1ccc(Cl)s1)C(=O)Nc1nc(-c2ccccc2)cs1. The number of anilines is 1. The summed E-state index contributed by atoms with van der Waals surface area (Å²) in [6.45, 7) is 0.514. The van der Waals surface area contributed by atoms with E-state index in [1.54, 1.807) is 11.9 Å². The van der Waals surface area contributed by atoms with Gasteiger partial charge in [0.25, 0.3) is 0 Å². The maximum absolute atomic E-state index is 12.2. The molecule has 2 heterocycles. The molecule has 0 aliphatic carbocycles. The molecule has 0 saturated heterocycles. The number of rotatable bonds is 4. The molecular weight excluding hydrogens is 350 g/mol. The molecule has 4 nitrogen and oxygen atoms in total. The molecule has 0 radical (unpaired) electrons. The lowest BCUT2D eigenvalue weighted by Crippen LogP contribution is -2.30. The molecule has 0 saturated carbocycles. The number of amides is 2. The van der Waals surface area contributed by atoms with Crippen molar-refractivity contribution in [1.82, 2.24) is 9.88 Å². The number of hydrogen-bond acceptors (Lipinski definition) is 4. The summed E-state index contributed by atoms with van der Waals surface area (Å²) in [5.41, 5.74) is 1.89. The zero-order valence-electron chi connectivity index (χ0n) is 12.3. The first-order chi connectivity index (χ1) is 11.1. The summed E-state index contributed by atoms with van der Waals surface area (Å²) >= 11 is 8.79. The van der Waals surface area contributed by atoms with Crippen LogP contribution in [0.25, 0.3) is 11.3 Å². The van der Waals surface area contributed by atoms with Crippen molar-refractivity contribution in [3.63, 3.8) is 0 Å². The average molecular weight is 364 g/mol. The van der Waals surface area contributed by atoms with Crippen LogP contribution in [-0.2, 0) is 6.54 Å². The Balaban J connectivity index is 1.63. The maximum atomic E-state index is 12.2. The number of carbonyl (C=O) groups is 1. The second kappa shape index (κ2) is 7.12. The molecule has 3 rings (SSSR count). The molecule has 1 aromatic carbocycles. The van der Waals surface area contributed by atoms with Crippen molar-refractivity contribution in [1.29, 1.82) is 0 Å². The van der Waals surface area contributed by atoms with Gasteiger partial charge in [0.05, 0.1) is 16.6 Å². The van der Waals surface area contributed by atoms with Gasteiger partial charge in [0.1, 0.15) is 0 Å². The average Bonchev–Trinajstić information content (AvgIpc) is 3.17. The summed E-state index contributed by atoms with van der Waals surface area (Å²) < 4.78 is 0.723. The predicted octanol–water partition coefficient (Wildman–Crippen LogP) is 5.19. The number of aromatic nitrogens is 1. The van der Waals surface area contributed by atoms with Gasteiger partial charge in [0.15, 0.2) is 5.13 Å². The highest BCUT2D eigenvalue weighted by Crippen LogP contribution is 2.25. The van der Waals surface area contributed by atoms with Crippen LogP contribution in [0.15, 0.2) is 47.8 Å². The van der Waals surface area contributed by atoms with E-state index in [1.165, 1.54) is 22.7 Å². The van der Waals surface area contributed by atoms with Crippen molar-refractivity contribution in [2.45, 2.75) is 6.54 Å². The number of benzene rings is 1. The third-order valence-corrected chi connectivity index (χ3v) is 5.13. The van der Waals surface area contributed by atoms with Gasteiger partial charge in [-0.15, -0.1) is 22.7 Å². The van der Waals surface area contributed by atoms with E-state index in [0.717, 1.165) is 20.5 Å². The van der Waals surface area contributed by atoms with Gasteiger partial charge in [-0.05, 0) is 12.1 Å². The number of carbonyl (C=O) groups excluding carboxylic acids is 1. The van der Waals surface area contributed by atoms with Gasteiger partial charge in [0.2, 0.25) is 0 Å². The zero-order chi connectivity index (χ0) is 16.2. The van der Waals surface area contributed by atoms with Crippen molar-refractivity contribution < 1.29 is 4.79 Å². The highest BCUT2D eigenvalue weighted by atomic mass is 35.5. The standard InChI is InChI=1S/C16H14ClN3OS2/c1-20(9-12-7-8-14(17)23-12)16(21)19-15-18-13(10-22-15)11-5-3-2-4-6-11/h2-8,10H,9H2,1H3,(H,18,19,21). The molecule has 2 aromatic heterocycles. The maximum Gasteiger partial charge on any atom is 0.323 e. The van der Waals surface area contributed by atoms with Gasteiger partial charge in [-0.1, -0.05) is 41.9 Å². The van der Waals surface area contributed by atoms with Crippen molar-refractivity contribution in [3.8, 4) is 11.3 Å². The molecule has 118 valence electrons. The first kappa shape index (κ1) is 16.0. The van der Waals surface area contributed by atoms with Crippen LogP contribution in [0.5, 0.6) is 0 Å². The molecule has 0 aliphatic heterocycles. The number of nitrogens with zero attached hydrogens (tertiary/aromatic N) is 2. The van der Waals surface area contributed by atoms with Crippen LogP contribution in [-0.4, -0.2) is 23.0 Å². The summed E-state index contributed by atoms with van der Waals surface area (Å²) in [5, 5.41) is 5.35. The first-order valence-electron chi connectivity index (χ1n) is 6.89. The van der Waals surface area contributed by atoms with E-state index in [0.29, 0.717) is 11.7 Å². The molecule has 1 N–H and O–H groups in total. The Morgan fingerprint density at radius 3 is 2.74 bits per heavy atom. The molecule has 0 atom stereocenters. The van der Waals surface area contributed by atoms with Crippen LogP contribution in [0.1, 0.15) is 4.88 Å². The van der Waals surface area contributed by atoms with E-state index in [9.17, 15) is 4.79 Å². The minimum absolute atomic E-state index is 0.191. The van der Waals surface area contributed by atoms with E-state index < -0.39 is 0 Å². The van der Waals surface area contributed by atoms with Gasteiger partial charge in [-0.3, -0.25) is 5.32 Å². The monoisotopic (exact) mass is 363 g/mol. The number of urea groups is 1. The minimum Gasteiger partial charge on any atom is -0.322 e. The Hall–Kier alpha value is -1.89. The van der Waals surface area contributed by atoms with E-state index >= 15 is 0 Å². The second-order valence-electron chi connectivity index (χ2n) is 4.90. The summed E-state index contributed by atoms with van der Waals surface area (Å²) in [6.07, 6.45) is 0. The zero-order valence-corrected chi connectivity index (χ0v) is 14.7. The summed E-state index contributed by atoms with van der Waals surface area (Å²) in [7, 11) is 1.74. The Morgan fingerprint density at radius 2 is 2.04 bits per heavy atom. The van der Waals surface area contributed by atoms with Crippen LogP contribution in [0, 0.1) is 0 Å². The Labute approximate surface area is 147 Å². The molecule has 2 amide bonds. The third kappa shape index (κ3) is 4.10. The molecule has 0 bridgehead atoms. The molecular formula is C16H14ClN3OS2. The molecule has 0 spiro atoms. The fourth-order valence-electron chi connectivity index (χ4n) is 2.00. The molecule has 23 heavy (non-hydrogen) atoms. The second-order valence-corrected chi connectivity index (χ2v) is 7.55. The van der Waals surface area contributed by atoms with Gasteiger partial charge >= 0.3 is 6.03 Å². The first-order valence-corrected chi connectivity index (χ1v) is 8.96. The Morgan fingerprint density at radius 1 is 1.26 bits per heavy atom. The lowest BCUT2D eigenvalue weighted by Gasteiger charge is -2.15. The van der Waals surface area contributed by atoms with Crippen LogP contribution < -0.4 is 5.32 Å². The third-order valence-electron chi connectivity index (χ3n) is 3.16. The number of nitrogens with one attached hydrogen (secondary N) is 1. The number of hydrogen-bond donors (Lipinski definition) is 1. The highest BCUT2D eigenvalue weighted by molar-refractivity contribution is 7.16. The molecule has 7 heteroatoms. The quantitative estimate of drug-likeness (QED) is 0.693. The minimum atomic E-state index is -0.191. The van der Waals surface area contributed by atoms with E-state index in [-0.39, 0.29) is 6.03 Å². The largest absolute Gasteiger partial charge is 0.323 e. The van der Waals surface area contributed by atoms with Crippen LogP contribution >= 0.6 is 34.3 Å². The lowest BCUT2D eigenvalue weighted by molar-refractivity contribution is 0.221. The smallest absolute Gasteiger partial charge is 0.322 e. The Bertz CT molecular complexity index is 801. The number of thiophene rings is 1. The highest BCUT2D eigenvalue weighted by Gasteiger charge is 2.13. The fourth-order valence-corrected chi connectivity index (χ4v) is 3.85. The van der Waals surface area contributed by atoms with Gasteiger partial charge < -0.3 is 4.90 Å². The van der Waals surface area contributed by atoms with Crippen molar-refractivity contribution >= 4 is 45.4 Å². The van der Waals surface area contributed by atoms with Crippen molar-refractivity contribution in [3.05, 3.63) is 57.1 Å². The summed E-state index contributed by atoms with van der Waals surface area (Å²) in [6, 6.07) is 13.4. The lowest BCUT2D eigenvalue weighted by atomic mass is 10.2. The summed E-state index contributed by atoms with van der Waals surface area (Å²) in [4.78, 5) is 19.3. The van der Waals surface area contributed by atoms with Crippen molar-refractivity contribution in [2.24, 2.45) is 0 Å².